The largest absolute Gasteiger partial charge is 0.497 e. The second-order valence-corrected chi connectivity index (χ2v) is 16.7. The van der Waals surface area contributed by atoms with Crippen LogP contribution >= 0.6 is 0 Å². The Kier molecular flexibility index (Phi) is 9.79. The van der Waals surface area contributed by atoms with E-state index in [4.69, 9.17) is 14.1 Å². The molecule has 2 unspecified atom stereocenters. The lowest BCUT2D eigenvalue weighted by Crippen LogP contribution is -2.44. The van der Waals surface area contributed by atoms with Crippen LogP contribution in [0.4, 0.5) is 0 Å². The SMILES string of the molecule is COc1ccc2c(c1)C=C(c1nc(C(=O)N3C(C)CCC3CN(C)C)co1)Cn1c-2c(C2CCCCC2)c2ccc(C(=O)NS(=O)(=O)N(C)C)cc21. The van der Waals surface area contributed by atoms with Gasteiger partial charge in [-0.15, -0.1) is 0 Å². The molecule has 13 heteroatoms. The van der Waals surface area contributed by atoms with E-state index in [9.17, 15) is 18.0 Å². The first-order chi connectivity index (χ1) is 24.9. The molecule has 4 aromatic rings. The summed E-state index contributed by atoms with van der Waals surface area (Å²) in [6, 6.07) is 11.7. The lowest BCUT2D eigenvalue weighted by Gasteiger charge is -2.29. The highest BCUT2D eigenvalue weighted by atomic mass is 32.2. The van der Waals surface area contributed by atoms with E-state index in [1.54, 1.807) is 19.2 Å². The lowest BCUT2D eigenvalue weighted by atomic mass is 9.81. The summed E-state index contributed by atoms with van der Waals surface area (Å²) in [5, 5.41) is 1.02. The van der Waals surface area contributed by atoms with E-state index < -0.39 is 16.1 Å². The van der Waals surface area contributed by atoms with Crippen molar-refractivity contribution in [1.82, 2.24) is 28.4 Å². The van der Waals surface area contributed by atoms with Crippen LogP contribution in [0.3, 0.4) is 0 Å². The van der Waals surface area contributed by atoms with Gasteiger partial charge in [0.15, 0.2) is 5.69 Å². The summed E-state index contributed by atoms with van der Waals surface area (Å²) in [5.74, 6) is 0.504. The van der Waals surface area contributed by atoms with Crippen molar-refractivity contribution in [1.29, 1.82) is 0 Å². The summed E-state index contributed by atoms with van der Waals surface area (Å²) in [7, 11) is 4.43. The predicted octanol–water partition coefficient (Wildman–Crippen LogP) is 6.00. The third kappa shape index (κ3) is 6.65. The van der Waals surface area contributed by atoms with Crippen LogP contribution in [0, 0.1) is 0 Å². The number of carbonyl (C=O) groups excluding carboxylic acids is 2. The van der Waals surface area contributed by atoms with Crippen molar-refractivity contribution in [2.24, 2.45) is 0 Å². The summed E-state index contributed by atoms with van der Waals surface area (Å²) in [5.41, 5.74) is 6.26. The molecule has 2 aromatic heterocycles. The number of fused-ring (bicyclic) bond motifs is 5. The zero-order valence-corrected chi connectivity index (χ0v) is 31.6. The van der Waals surface area contributed by atoms with E-state index in [1.807, 2.05) is 37.2 Å². The fraction of sp³-hybridized carbons (Fsp3) is 0.462. The zero-order valence-electron chi connectivity index (χ0n) is 30.8. The highest BCUT2D eigenvalue weighted by Crippen LogP contribution is 2.47. The Hall–Kier alpha value is -4.46. The third-order valence-electron chi connectivity index (χ3n) is 10.8. The Balaban J connectivity index is 1.37. The molecule has 2 fully saturated rings. The molecule has 2 amide bonds. The van der Waals surface area contributed by atoms with Gasteiger partial charge in [-0.3, -0.25) is 9.59 Å². The molecule has 0 spiro atoms. The average Bonchev–Trinajstić information content (AvgIpc) is 3.80. The average molecular weight is 729 g/mol. The molecule has 12 nitrogen and oxygen atoms in total. The van der Waals surface area contributed by atoms with Gasteiger partial charge in [-0.1, -0.05) is 25.3 Å². The molecule has 2 atom stereocenters. The summed E-state index contributed by atoms with van der Waals surface area (Å²) < 4.78 is 42.3. The normalized spacial score (nSPS) is 19.5. The van der Waals surface area contributed by atoms with E-state index in [0.717, 1.165) is 82.7 Å². The smallest absolute Gasteiger partial charge is 0.303 e. The van der Waals surface area contributed by atoms with Gasteiger partial charge in [0, 0.05) is 60.3 Å². The van der Waals surface area contributed by atoms with Crippen LogP contribution in [0.1, 0.15) is 95.7 Å². The van der Waals surface area contributed by atoms with Gasteiger partial charge in [0.05, 0.1) is 19.3 Å². The van der Waals surface area contributed by atoms with Crippen LogP contribution in [-0.2, 0) is 16.8 Å². The molecule has 3 aliphatic rings. The molecule has 0 radical (unpaired) electrons. The number of rotatable bonds is 9. The maximum atomic E-state index is 13.9. The molecule has 4 heterocycles. The van der Waals surface area contributed by atoms with Crippen molar-refractivity contribution >= 4 is 44.6 Å². The number of benzene rings is 2. The number of methoxy groups -OCH3 is 1. The molecule has 1 saturated carbocycles. The quantitative estimate of drug-likeness (QED) is 0.222. The fourth-order valence-electron chi connectivity index (χ4n) is 8.27. The van der Waals surface area contributed by atoms with Crippen LogP contribution in [-0.4, -0.2) is 97.8 Å². The van der Waals surface area contributed by atoms with Crippen LogP contribution < -0.4 is 9.46 Å². The van der Waals surface area contributed by atoms with Gasteiger partial charge < -0.3 is 23.5 Å². The number of likely N-dealkylation sites (N-methyl/N-ethyl adjacent to an activating group) is 1. The van der Waals surface area contributed by atoms with E-state index in [2.05, 4.69) is 33.3 Å². The summed E-state index contributed by atoms with van der Waals surface area (Å²) in [6.07, 6.45) is 11.0. The molecule has 276 valence electrons. The van der Waals surface area contributed by atoms with Crippen molar-refractivity contribution in [3.05, 3.63) is 70.9 Å². The number of amides is 2. The first kappa shape index (κ1) is 35.9. The van der Waals surface area contributed by atoms with Gasteiger partial charge in [-0.2, -0.15) is 12.7 Å². The first-order valence-electron chi connectivity index (χ1n) is 18.1. The van der Waals surface area contributed by atoms with Crippen LogP contribution in [0.2, 0.25) is 0 Å². The first-order valence-corrected chi connectivity index (χ1v) is 19.5. The number of nitrogens with zero attached hydrogens (tertiary/aromatic N) is 5. The van der Waals surface area contributed by atoms with Crippen LogP contribution in [0.15, 0.2) is 47.1 Å². The van der Waals surface area contributed by atoms with Crippen LogP contribution in [0.25, 0.3) is 33.8 Å². The highest BCUT2D eigenvalue weighted by molar-refractivity contribution is 7.87. The molecule has 0 bridgehead atoms. The number of likely N-dealkylation sites (tertiary alicyclic amines) is 1. The number of nitrogens with one attached hydrogen (secondary N) is 1. The molecule has 52 heavy (non-hydrogen) atoms. The van der Waals surface area contributed by atoms with Gasteiger partial charge in [0.2, 0.25) is 5.89 Å². The van der Waals surface area contributed by atoms with Gasteiger partial charge in [0.1, 0.15) is 12.0 Å². The minimum absolute atomic E-state index is 0.0974. The van der Waals surface area contributed by atoms with E-state index in [1.165, 1.54) is 32.3 Å². The minimum atomic E-state index is -4.00. The topological polar surface area (TPSA) is 130 Å². The van der Waals surface area contributed by atoms with E-state index >= 15 is 0 Å². The highest BCUT2D eigenvalue weighted by Gasteiger charge is 2.37. The van der Waals surface area contributed by atoms with Crippen molar-refractivity contribution < 1.29 is 27.2 Å². The summed E-state index contributed by atoms with van der Waals surface area (Å²) >= 11 is 0. The molecule has 1 aliphatic carbocycles. The Labute approximate surface area is 305 Å². The van der Waals surface area contributed by atoms with E-state index in [0.29, 0.717) is 24.1 Å². The van der Waals surface area contributed by atoms with Gasteiger partial charge >= 0.3 is 10.2 Å². The number of allylic oxidation sites excluding steroid dienone is 1. The molecular weight excluding hydrogens is 681 g/mol. The Morgan fingerprint density at radius 3 is 2.50 bits per heavy atom. The van der Waals surface area contributed by atoms with Crippen molar-refractivity contribution in [2.45, 2.75) is 76.4 Å². The van der Waals surface area contributed by atoms with Crippen LogP contribution in [0.5, 0.6) is 5.75 Å². The summed E-state index contributed by atoms with van der Waals surface area (Å²) in [4.78, 5) is 36.2. The number of ether oxygens (including phenoxy) is 1. The van der Waals surface area contributed by atoms with Gasteiger partial charge in [0.25, 0.3) is 11.8 Å². The van der Waals surface area contributed by atoms with Crippen molar-refractivity contribution in [3.63, 3.8) is 0 Å². The number of hydrogen-bond acceptors (Lipinski definition) is 8. The minimum Gasteiger partial charge on any atom is -0.497 e. The van der Waals surface area contributed by atoms with E-state index in [-0.39, 0.29) is 29.2 Å². The maximum absolute atomic E-state index is 13.9. The lowest BCUT2D eigenvalue weighted by molar-refractivity contribution is 0.0650. The molecule has 7 rings (SSSR count). The molecule has 2 aromatic carbocycles. The number of carbonyl (C=O) groups is 2. The molecular formula is C39H48N6O6S. The summed E-state index contributed by atoms with van der Waals surface area (Å²) in [6.45, 7) is 3.20. The fourth-order valence-corrected chi connectivity index (χ4v) is 8.80. The van der Waals surface area contributed by atoms with Crippen molar-refractivity contribution in [3.8, 4) is 17.0 Å². The molecule has 2 aliphatic heterocycles. The predicted molar refractivity (Wildman–Crippen MR) is 201 cm³/mol. The second-order valence-electron chi connectivity index (χ2n) is 14.8. The maximum Gasteiger partial charge on any atom is 0.303 e. The van der Waals surface area contributed by atoms with Gasteiger partial charge in [-0.25, -0.2) is 9.71 Å². The standard InChI is InChI=1S/C39H48N6O6S/c1-24-12-14-29(22-42(2)3)45(24)39(47)33-23-51-38(40-33)28-18-27-19-30(50-6)15-17-31(27)36-35(25-10-8-7-9-11-25)32-16-13-26(20-34(32)44(36)21-28)37(46)41-52(48,49)43(4)5/h13,15-20,23-25,29H,7-12,14,21-22H2,1-6H3,(H,41,46). The number of aromatic nitrogens is 2. The third-order valence-corrected chi connectivity index (χ3v) is 12.3. The Morgan fingerprint density at radius 1 is 1.02 bits per heavy atom. The Morgan fingerprint density at radius 2 is 1.79 bits per heavy atom. The number of hydrogen-bond donors (Lipinski definition) is 1. The van der Waals surface area contributed by atoms with Gasteiger partial charge in [-0.05, 0) is 100 Å². The zero-order chi connectivity index (χ0) is 36.9. The molecule has 1 saturated heterocycles. The second kappa shape index (κ2) is 14.2. The Bertz CT molecular complexity index is 2160. The number of oxazole rings is 1. The monoisotopic (exact) mass is 728 g/mol. The van der Waals surface area contributed by atoms with Crippen molar-refractivity contribution in [2.75, 3.05) is 41.8 Å². The molecule has 1 N–H and O–H groups in total.